The molecule has 0 aliphatic carbocycles. The molecule has 172 valence electrons. The van der Waals surface area contributed by atoms with Crippen molar-refractivity contribution in [2.24, 2.45) is 0 Å². The standard InChI is InChI=1S/C25H24ClN7O/c1-14-12-30-24-16(11-27)7-15(8-19(14)24)20-3-5-29-25(31-20)32-21-9-17(26)10-22-18(21)4-6-33(22)13-23(34)28-2/h3,5,7-10,14,30H,4,6,12-13H2,1-2H3,(H,28,34)(H,29,31,32). The van der Waals surface area contributed by atoms with E-state index in [1.54, 1.807) is 13.2 Å². The van der Waals surface area contributed by atoms with Crippen molar-refractivity contribution in [2.45, 2.75) is 19.3 Å². The van der Waals surface area contributed by atoms with Crippen LogP contribution in [0, 0.1) is 11.3 Å². The molecule has 0 radical (unpaired) electrons. The van der Waals surface area contributed by atoms with Crippen LogP contribution in [0.5, 0.6) is 0 Å². The molecule has 1 aromatic heterocycles. The van der Waals surface area contributed by atoms with Gasteiger partial charge in [0.25, 0.3) is 0 Å². The number of carbonyl (C=O) groups excluding carboxylic acids is 1. The smallest absolute Gasteiger partial charge is 0.239 e. The monoisotopic (exact) mass is 473 g/mol. The molecule has 0 saturated heterocycles. The largest absolute Gasteiger partial charge is 0.383 e. The molecule has 3 heterocycles. The Morgan fingerprint density at radius 2 is 2.21 bits per heavy atom. The maximum absolute atomic E-state index is 11.9. The van der Waals surface area contributed by atoms with Gasteiger partial charge in [0.15, 0.2) is 0 Å². The van der Waals surface area contributed by atoms with E-state index in [4.69, 9.17) is 16.6 Å². The Hall–Kier alpha value is -3.83. The van der Waals surface area contributed by atoms with Crippen LogP contribution >= 0.6 is 11.6 Å². The zero-order chi connectivity index (χ0) is 23.8. The van der Waals surface area contributed by atoms with Gasteiger partial charge in [-0.05, 0) is 42.3 Å². The first-order valence-corrected chi connectivity index (χ1v) is 11.5. The molecule has 1 unspecified atom stereocenters. The Balaban J connectivity index is 1.47. The van der Waals surface area contributed by atoms with E-state index in [1.165, 1.54) is 0 Å². The van der Waals surface area contributed by atoms with Crippen molar-refractivity contribution in [1.29, 1.82) is 5.26 Å². The average molecular weight is 474 g/mol. The summed E-state index contributed by atoms with van der Waals surface area (Å²) < 4.78 is 0. The number of likely N-dealkylation sites (N-methyl/N-ethyl adjacent to an activating group) is 1. The van der Waals surface area contributed by atoms with Gasteiger partial charge >= 0.3 is 0 Å². The number of carbonyl (C=O) groups is 1. The third kappa shape index (κ3) is 3.99. The van der Waals surface area contributed by atoms with Gasteiger partial charge in [0.1, 0.15) is 6.07 Å². The lowest BCUT2D eigenvalue weighted by molar-refractivity contribution is -0.119. The van der Waals surface area contributed by atoms with Crippen molar-refractivity contribution in [2.75, 3.05) is 42.2 Å². The number of nitrogens with one attached hydrogen (secondary N) is 3. The summed E-state index contributed by atoms with van der Waals surface area (Å²) in [5.74, 6) is 0.721. The molecule has 1 amide bonds. The number of rotatable bonds is 5. The summed E-state index contributed by atoms with van der Waals surface area (Å²) in [5, 5.41) is 19.5. The molecule has 8 nitrogen and oxygen atoms in total. The molecular weight excluding hydrogens is 450 g/mol. The van der Waals surface area contributed by atoms with Crippen LogP contribution in [0.4, 0.5) is 23.0 Å². The molecule has 9 heteroatoms. The quantitative estimate of drug-likeness (QED) is 0.513. The first-order chi connectivity index (χ1) is 16.5. The van der Waals surface area contributed by atoms with Gasteiger partial charge in [-0.15, -0.1) is 0 Å². The van der Waals surface area contributed by atoms with Gasteiger partial charge in [0.2, 0.25) is 11.9 Å². The van der Waals surface area contributed by atoms with Crippen LogP contribution in [0.3, 0.4) is 0 Å². The topological polar surface area (TPSA) is 106 Å². The Kier molecular flexibility index (Phi) is 5.72. The van der Waals surface area contributed by atoms with Crippen molar-refractivity contribution in [1.82, 2.24) is 15.3 Å². The van der Waals surface area contributed by atoms with Gasteiger partial charge in [-0.25, -0.2) is 9.97 Å². The third-order valence-electron chi connectivity index (χ3n) is 6.38. The van der Waals surface area contributed by atoms with Crippen LogP contribution in [0.2, 0.25) is 5.02 Å². The van der Waals surface area contributed by atoms with Gasteiger partial charge in [0, 0.05) is 59.8 Å². The summed E-state index contributed by atoms with van der Waals surface area (Å²) in [7, 11) is 1.63. The van der Waals surface area contributed by atoms with E-state index < -0.39 is 0 Å². The van der Waals surface area contributed by atoms with Gasteiger partial charge in [-0.1, -0.05) is 18.5 Å². The van der Waals surface area contributed by atoms with E-state index in [-0.39, 0.29) is 12.5 Å². The van der Waals surface area contributed by atoms with Crippen LogP contribution in [-0.2, 0) is 11.2 Å². The van der Waals surface area contributed by atoms with Crippen LogP contribution in [-0.4, -0.2) is 42.6 Å². The number of nitriles is 1. The van der Waals surface area contributed by atoms with Gasteiger partial charge < -0.3 is 20.9 Å². The highest BCUT2D eigenvalue weighted by Crippen LogP contribution is 2.39. The molecule has 2 aliphatic rings. The van der Waals surface area contributed by atoms with Gasteiger partial charge in [0.05, 0.1) is 23.5 Å². The number of hydrogen-bond donors (Lipinski definition) is 3. The molecule has 5 rings (SSSR count). The second-order valence-corrected chi connectivity index (χ2v) is 9.00. The number of aromatic nitrogens is 2. The predicted molar refractivity (Wildman–Crippen MR) is 134 cm³/mol. The SMILES string of the molecule is CNC(=O)CN1CCc2c(Nc3nccc(-c4cc(C#N)c5c(c4)C(C)CN5)n3)cc(Cl)cc21. The summed E-state index contributed by atoms with van der Waals surface area (Å²) in [5.41, 5.74) is 7.12. The molecule has 3 aromatic rings. The minimum atomic E-state index is -0.0472. The van der Waals surface area contributed by atoms with E-state index in [2.05, 4.69) is 40.0 Å². The number of halogens is 1. The fourth-order valence-electron chi connectivity index (χ4n) is 4.61. The second-order valence-electron chi connectivity index (χ2n) is 8.57. The van der Waals surface area contributed by atoms with Gasteiger partial charge in [-0.3, -0.25) is 4.79 Å². The van der Waals surface area contributed by atoms with Crippen LogP contribution in [0.25, 0.3) is 11.3 Å². The van der Waals surface area contributed by atoms with Crippen LogP contribution in [0.15, 0.2) is 36.5 Å². The molecule has 0 fully saturated rings. The molecule has 0 saturated carbocycles. The molecule has 2 aliphatic heterocycles. The molecule has 0 spiro atoms. The lowest BCUT2D eigenvalue weighted by Gasteiger charge is -2.19. The summed E-state index contributed by atoms with van der Waals surface area (Å²) >= 11 is 6.41. The highest BCUT2D eigenvalue weighted by Gasteiger charge is 2.25. The Labute approximate surface area is 203 Å². The van der Waals surface area contributed by atoms with E-state index in [1.807, 2.05) is 29.2 Å². The van der Waals surface area contributed by atoms with E-state index >= 15 is 0 Å². The van der Waals surface area contributed by atoms with E-state index in [9.17, 15) is 10.1 Å². The summed E-state index contributed by atoms with van der Waals surface area (Å²) in [6, 6.07) is 11.8. The summed E-state index contributed by atoms with van der Waals surface area (Å²) in [6.07, 6.45) is 2.49. The number of hydrogen-bond acceptors (Lipinski definition) is 7. The number of anilines is 4. The first kappa shape index (κ1) is 22.0. The maximum atomic E-state index is 11.9. The molecule has 1 atom stereocenters. The predicted octanol–water partition coefficient (Wildman–Crippen LogP) is 4.05. The van der Waals surface area contributed by atoms with Crippen molar-refractivity contribution >= 4 is 40.5 Å². The molecular formula is C25H24ClN7O. The summed E-state index contributed by atoms with van der Waals surface area (Å²) in [4.78, 5) is 23.1. The summed E-state index contributed by atoms with van der Waals surface area (Å²) in [6.45, 7) is 3.98. The Morgan fingerprint density at radius 1 is 1.35 bits per heavy atom. The molecule has 2 aromatic carbocycles. The van der Waals surface area contributed by atoms with Crippen molar-refractivity contribution in [3.63, 3.8) is 0 Å². The zero-order valence-corrected chi connectivity index (χ0v) is 19.7. The van der Waals surface area contributed by atoms with Gasteiger partial charge in [-0.2, -0.15) is 5.26 Å². The van der Waals surface area contributed by atoms with E-state index in [0.29, 0.717) is 22.5 Å². The zero-order valence-electron chi connectivity index (χ0n) is 18.9. The van der Waals surface area contributed by atoms with Crippen molar-refractivity contribution in [3.05, 3.63) is 58.2 Å². The number of nitrogens with zero attached hydrogens (tertiary/aromatic N) is 4. The highest BCUT2D eigenvalue weighted by molar-refractivity contribution is 6.31. The first-order valence-electron chi connectivity index (χ1n) is 11.2. The third-order valence-corrected chi connectivity index (χ3v) is 6.60. The Bertz CT molecular complexity index is 1330. The average Bonchev–Trinajstić information content (AvgIpc) is 3.42. The van der Waals surface area contributed by atoms with Crippen molar-refractivity contribution in [3.8, 4) is 17.3 Å². The maximum Gasteiger partial charge on any atom is 0.239 e. The number of fused-ring (bicyclic) bond motifs is 2. The van der Waals surface area contributed by atoms with Crippen molar-refractivity contribution < 1.29 is 4.79 Å². The number of benzene rings is 2. The highest BCUT2D eigenvalue weighted by atomic mass is 35.5. The molecule has 0 bridgehead atoms. The fourth-order valence-corrected chi connectivity index (χ4v) is 4.83. The lowest BCUT2D eigenvalue weighted by atomic mass is 9.96. The second kappa shape index (κ2) is 8.84. The molecule has 3 N–H and O–H groups in total. The van der Waals surface area contributed by atoms with E-state index in [0.717, 1.165) is 59.0 Å². The lowest BCUT2D eigenvalue weighted by Crippen LogP contribution is -2.34. The minimum Gasteiger partial charge on any atom is -0.383 e. The van der Waals surface area contributed by atoms with Crippen LogP contribution in [0.1, 0.15) is 29.5 Å². The Morgan fingerprint density at radius 3 is 3.00 bits per heavy atom. The number of amides is 1. The molecule has 34 heavy (non-hydrogen) atoms. The normalized spacial score (nSPS) is 15.8. The van der Waals surface area contributed by atoms with Crippen LogP contribution < -0.4 is 20.9 Å². The fraction of sp³-hybridized carbons (Fsp3) is 0.280. The minimum absolute atomic E-state index is 0.0472.